The number of primary amides is 1. The van der Waals surface area contributed by atoms with Gasteiger partial charge in [-0.2, -0.15) is 11.8 Å². The third-order valence-corrected chi connectivity index (χ3v) is 5.22. The van der Waals surface area contributed by atoms with Gasteiger partial charge < -0.3 is 32.5 Å². The van der Waals surface area contributed by atoms with Crippen LogP contribution in [-0.2, 0) is 24.0 Å². The molecule has 0 aliphatic carbocycles. The summed E-state index contributed by atoms with van der Waals surface area (Å²) in [5.41, 5.74) is 11.0. The number of hydrogen-bond donors (Lipinski definition) is 6. The molecule has 0 fully saturated rings. The van der Waals surface area contributed by atoms with Gasteiger partial charge in [-0.15, -0.1) is 0 Å². The van der Waals surface area contributed by atoms with Crippen molar-refractivity contribution >= 4 is 41.4 Å². The number of carbonyl (C=O) groups excluding carboxylic acids is 4. The van der Waals surface area contributed by atoms with Crippen LogP contribution in [-0.4, -0.2) is 70.9 Å². The van der Waals surface area contributed by atoms with E-state index in [9.17, 15) is 29.1 Å². The molecule has 8 N–H and O–H groups in total. The van der Waals surface area contributed by atoms with Crippen LogP contribution in [0.25, 0.3) is 0 Å². The highest BCUT2D eigenvalue weighted by Gasteiger charge is 2.32. The standard InChI is InChI=1S/C20H37N5O6S/c1-10(2)8-13(19(29)25-16(11(3)4)20(30)31)24-18(28)14(9-15(22)26)23-17(27)12(21)6-7-32-5/h10-14,16H,6-9,21H2,1-5H3,(H2,22,26)(H,23,27)(H,24,28)(H,25,29)(H,30,31). The van der Waals surface area contributed by atoms with E-state index >= 15 is 0 Å². The van der Waals surface area contributed by atoms with E-state index in [1.54, 1.807) is 13.8 Å². The molecule has 0 bridgehead atoms. The minimum absolute atomic E-state index is 0.0162. The zero-order valence-corrected chi connectivity index (χ0v) is 20.2. The molecule has 0 saturated carbocycles. The van der Waals surface area contributed by atoms with Crippen LogP contribution in [0.3, 0.4) is 0 Å². The summed E-state index contributed by atoms with van der Waals surface area (Å²) in [5, 5.41) is 16.7. The van der Waals surface area contributed by atoms with Crippen LogP contribution in [0.1, 0.15) is 47.0 Å². The molecule has 0 aromatic heterocycles. The fraction of sp³-hybridized carbons (Fsp3) is 0.750. The fourth-order valence-corrected chi connectivity index (χ4v) is 3.30. The Balaban J connectivity index is 5.47. The van der Waals surface area contributed by atoms with Crippen molar-refractivity contribution in [3.05, 3.63) is 0 Å². The molecule has 0 aromatic carbocycles. The first-order valence-corrected chi connectivity index (χ1v) is 11.9. The van der Waals surface area contributed by atoms with Gasteiger partial charge in [0.2, 0.25) is 23.6 Å². The van der Waals surface area contributed by atoms with Crippen LogP contribution in [0.15, 0.2) is 0 Å². The maximum absolute atomic E-state index is 12.8. The Morgan fingerprint density at radius 3 is 1.88 bits per heavy atom. The first kappa shape index (κ1) is 29.7. The third-order valence-electron chi connectivity index (χ3n) is 4.58. The largest absolute Gasteiger partial charge is 0.480 e. The molecule has 4 unspecified atom stereocenters. The second kappa shape index (κ2) is 14.7. The molecule has 4 atom stereocenters. The number of hydrogen-bond acceptors (Lipinski definition) is 7. The Hall–Kier alpha value is -2.34. The lowest BCUT2D eigenvalue weighted by atomic mass is 10.00. The van der Waals surface area contributed by atoms with Gasteiger partial charge in [-0.3, -0.25) is 19.2 Å². The van der Waals surface area contributed by atoms with E-state index < -0.39 is 60.2 Å². The van der Waals surface area contributed by atoms with Gasteiger partial charge in [0.05, 0.1) is 12.5 Å². The predicted octanol–water partition coefficient (Wildman–Crippen LogP) is -0.817. The molecule has 0 aromatic rings. The van der Waals surface area contributed by atoms with E-state index in [4.69, 9.17) is 11.5 Å². The SMILES string of the molecule is CSCCC(N)C(=O)NC(CC(N)=O)C(=O)NC(CC(C)C)C(=O)NC(C(=O)O)C(C)C. The number of nitrogens with two attached hydrogens (primary N) is 2. The quantitative estimate of drug-likeness (QED) is 0.177. The summed E-state index contributed by atoms with van der Waals surface area (Å²) < 4.78 is 0. The molecule has 12 heteroatoms. The number of amides is 4. The van der Waals surface area contributed by atoms with Crippen LogP contribution < -0.4 is 27.4 Å². The molecule has 0 spiro atoms. The average Bonchev–Trinajstić information content (AvgIpc) is 2.67. The van der Waals surface area contributed by atoms with E-state index in [0.717, 1.165) is 0 Å². The highest BCUT2D eigenvalue weighted by molar-refractivity contribution is 7.98. The first-order valence-electron chi connectivity index (χ1n) is 10.5. The number of nitrogens with one attached hydrogen (secondary N) is 3. The van der Waals surface area contributed by atoms with Crippen molar-refractivity contribution in [1.82, 2.24) is 16.0 Å². The summed E-state index contributed by atoms with van der Waals surface area (Å²) in [6.45, 7) is 6.95. The fourth-order valence-electron chi connectivity index (χ4n) is 2.81. The molecule has 0 aliphatic rings. The Labute approximate surface area is 193 Å². The first-order chi connectivity index (χ1) is 14.8. The van der Waals surface area contributed by atoms with Gasteiger partial charge in [-0.25, -0.2) is 4.79 Å². The number of carboxylic acid groups (broad SMARTS) is 1. The van der Waals surface area contributed by atoms with E-state index in [2.05, 4.69) is 16.0 Å². The van der Waals surface area contributed by atoms with E-state index in [-0.39, 0.29) is 18.3 Å². The molecule has 0 rings (SSSR count). The Morgan fingerprint density at radius 1 is 0.906 bits per heavy atom. The average molecular weight is 476 g/mol. The molecular formula is C20H37N5O6S. The van der Waals surface area contributed by atoms with Crippen molar-refractivity contribution in [3.63, 3.8) is 0 Å². The smallest absolute Gasteiger partial charge is 0.326 e. The zero-order chi connectivity index (χ0) is 25.0. The molecule has 0 saturated heterocycles. The van der Waals surface area contributed by atoms with Crippen molar-refractivity contribution in [1.29, 1.82) is 0 Å². The molecule has 0 heterocycles. The van der Waals surface area contributed by atoms with Gasteiger partial charge in [-0.05, 0) is 36.7 Å². The van der Waals surface area contributed by atoms with Gasteiger partial charge in [-0.1, -0.05) is 27.7 Å². The molecule has 0 aliphatic heterocycles. The lowest BCUT2D eigenvalue weighted by Crippen LogP contribution is -2.58. The minimum Gasteiger partial charge on any atom is -0.480 e. The Bertz CT molecular complexity index is 673. The van der Waals surface area contributed by atoms with E-state index in [0.29, 0.717) is 12.2 Å². The maximum atomic E-state index is 12.8. The normalized spacial score (nSPS) is 14.9. The number of rotatable bonds is 15. The highest BCUT2D eigenvalue weighted by Crippen LogP contribution is 2.09. The lowest BCUT2D eigenvalue weighted by Gasteiger charge is -2.26. The van der Waals surface area contributed by atoms with Gasteiger partial charge >= 0.3 is 5.97 Å². The van der Waals surface area contributed by atoms with Crippen molar-refractivity contribution in [2.45, 2.75) is 71.1 Å². The number of carbonyl (C=O) groups is 5. The molecule has 32 heavy (non-hydrogen) atoms. The summed E-state index contributed by atoms with van der Waals surface area (Å²) >= 11 is 1.51. The summed E-state index contributed by atoms with van der Waals surface area (Å²) in [7, 11) is 0. The van der Waals surface area contributed by atoms with Crippen LogP contribution in [0.5, 0.6) is 0 Å². The van der Waals surface area contributed by atoms with E-state index in [1.165, 1.54) is 11.8 Å². The maximum Gasteiger partial charge on any atom is 0.326 e. The van der Waals surface area contributed by atoms with Crippen molar-refractivity contribution < 1.29 is 29.1 Å². The Kier molecular flexibility index (Phi) is 13.6. The molecule has 184 valence electrons. The topological polar surface area (TPSA) is 194 Å². The summed E-state index contributed by atoms with van der Waals surface area (Å²) in [6, 6.07) is -4.39. The number of carboxylic acids is 1. The van der Waals surface area contributed by atoms with Gasteiger partial charge in [0.15, 0.2) is 0 Å². The second-order valence-corrected chi connectivity index (χ2v) is 9.36. The van der Waals surface area contributed by atoms with Crippen molar-refractivity contribution in [2.24, 2.45) is 23.3 Å². The highest BCUT2D eigenvalue weighted by atomic mass is 32.2. The molecule has 4 amide bonds. The zero-order valence-electron chi connectivity index (χ0n) is 19.3. The predicted molar refractivity (Wildman–Crippen MR) is 123 cm³/mol. The van der Waals surface area contributed by atoms with Gasteiger partial charge in [0.1, 0.15) is 18.1 Å². The third kappa shape index (κ3) is 11.3. The summed E-state index contributed by atoms with van der Waals surface area (Å²) in [6.07, 6.45) is 1.98. The van der Waals surface area contributed by atoms with Crippen molar-refractivity contribution in [2.75, 3.05) is 12.0 Å². The molecule has 11 nitrogen and oxygen atoms in total. The monoisotopic (exact) mass is 475 g/mol. The van der Waals surface area contributed by atoms with Crippen LogP contribution in [0, 0.1) is 11.8 Å². The Morgan fingerprint density at radius 2 is 1.44 bits per heavy atom. The molecule has 0 radical (unpaired) electrons. The van der Waals surface area contributed by atoms with E-state index in [1.807, 2.05) is 20.1 Å². The van der Waals surface area contributed by atoms with Gasteiger partial charge in [0.25, 0.3) is 0 Å². The van der Waals surface area contributed by atoms with Crippen LogP contribution in [0.2, 0.25) is 0 Å². The second-order valence-electron chi connectivity index (χ2n) is 8.38. The minimum atomic E-state index is -1.32. The van der Waals surface area contributed by atoms with Crippen LogP contribution in [0.4, 0.5) is 0 Å². The lowest BCUT2D eigenvalue weighted by molar-refractivity contribution is -0.143. The van der Waals surface area contributed by atoms with Crippen LogP contribution >= 0.6 is 11.8 Å². The summed E-state index contributed by atoms with van der Waals surface area (Å²) in [5.74, 6) is -3.84. The number of thioether (sulfide) groups is 1. The molecular weight excluding hydrogens is 438 g/mol. The van der Waals surface area contributed by atoms with Gasteiger partial charge in [0, 0.05) is 0 Å². The number of aliphatic carboxylic acids is 1. The summed E-state index contributed by atoms with van der Waals surface area (Å²) in [4.78, 5) is 60.7. The van der Waals surface area contributed by atoms with Crippen molar-refractivity contribution in [3.8, 4) is 0 Å².